The summed E-state index contributed by atoms with van der Waals surface area (Å²) in [6.45, 7) is 2.12. The Bertz CT molecular complexity index is 1550. The van der Waals surface area contributed by atoms with Gasteiger partial charge in [0, 0.05) is 35.6 Å². The number of halogens is 1. The van der Waals surface area contributed by atoms with Crippen molar-refractivity contribution >= 4 is 54.1 Å². The molecule has 0 amide bonds. The number of benzene rings is 2. The van der Waals surface area contributed by atoms with Gasteiger partial charge in [-0.05, 0) is 31.2 Å². The van der Waals surface area contributed by atoms with E-state index in [1.165, 1.54) is 46.7 Å². The number of rotatable bonds is 5. The molecule has 162 valence electrons. The molecule has 2 heterocycles. The van der Waals surface area contributed by atoms with Crippen molar-refractivity contribution in [3.8, 4) is 0 Å². The first-order valence-electron chi connectivity index (χ1n) is 9.52. The molecule has 2 aromatic carbocycles. The maximum absolute atomic E-state index is 13.0. The summed E-state index contributed by atoms with van der Waals surface area (Å²) in [4.78, 5) is 26.5. The van der Waals surface area contributed by atoms with E-state index in [1.807, 2.05) is 24.3 Å². The molecule has 31 heavy (non-hydrogen) atoms. The van der Waals surface area contributed by atoms with Gasteiger partial charge in [-0.25, -0.2) is 12.7 Å². The summed E-state index contributed by atoms with van der Waals surface area (Å²) < 4.78 is 30.1. The second-order valence-electron chi connectivity index (χ2n) is 7.21. The molecule has 0 atom stereocenters. The van der Waals surface area contributed by atoms with Crippen LogP contribution in [0.25, 0.3) is 21.1 Å². The molecule has 0 aliphatic rings. The van der Waals surface area contributed by atoms with Gasteiger partial charge in [-0.1, -0.05) is 29.8 Å². The minimum Gasteiger partial charge on any atom is -0.302 e. The van der Waals surface area contributed by atoms with E-state index in [1.54, 1.807) is 13.0 Å². The molecule has 2 aromatic heterocycles. The van der Waals surface area contributed by atoms with Gasteiger partial charge in [0.15, 0.2) is 0 Å². The lowest BCUT2D eigenvalue weighted by Gasteiger charge is -2.16. The predicted molar refractivity (Wildman–Crippen MR) is 125 cm³/mol. The van der Waals surface area contributed by atoms with Crippen molar-refractivity contribution < 1.29 is 8.42 Å². The van der Waals surface area contributed by atoms with Crippen LogP contribution < -0.4 is 11.1 Å². The van der Waals surface area contributed by atoms with E-state index in [0.29, 0.717) is 16.1 Å². The zero-order valence-corrected chi connectivity index (χ0v) is 19.5. The SMILES string of the molecule is CCn1c(=O)c(=O)n(Cc2sc3ccccc3c2Cl)c2cc(S(=O)(=O)N(C)C)ccc21. The Labute approximate surface area is 187 Å². The molecule has 4 rings (SSSR count). The highest BCUT2D eigenvalue weighted by atomic mass is 35.5. The average molecular weight is 478 g/mol. The van der Waals surface area contributed by atoms with Crippen molar-refractivity contribution in [1.29, 1.82) is 0 Å². The van der Waals surface area contributed by atoms with Crippen molar-refractivity contribution in [2.24, 2.45) is 0 Å². The molecule has 0 fully saturated rings. The van der Waals surface area contributed by atoms with Gasteiger partial charge in [0.05, 0.1) is 27.5 Å². The van der Waals surface area contributed by atoms with Crippen LogP contribution in [0.2, 0.25) is 5.02 Å². The number of hydrogen-bond acceptors (Lipinski definition) is 5. The van der Waals surface area contributed by atoms with Gasteiger partial charge in [0.25, 0.3) is 0 Å². The number of aromatic nitrogens is 2. The van der Waals surface area contributed by atoms with Crippen LogP contribution in [0.15, 0.2) is 56.9 Å². The summed E-state index contributed by atoms with van der Waals surface area (Å²) in [6, 6.07) is 12.1. The number of fused-ring (bicyclic) bond motifs is 2. The predicted octanol–water partition coefficient (Wildman–Crippen LogP) is 3.35. The normalized spacial score (nSPS) is 12.3. The first-order chi connectivity index (χ1) is 14.7. The zero-order valence-electron chi connectivity index (χ0n) is 17.1. The fourth-order valence-electron chi connectivity index (χ4n) is 3.55. The summed E-state index contributed by atoms with van der Waals surface area (Å²) in [6.07, 6.45) is 0. The van der Waals surface area contributed by atoms with Crippen LogP contribution in [0.5, 0.6) is 0 Å². The maximum Gasteiger partial charge on any atom is 0.317 e. The van der Waals surface area contributed by atoms with Crippen molar-refractivity contribution in [2.75, 3.05) is 14.1 Å². The maximum atomic E-state index is 13.0. The Morgan fingerprint density at radius 2 is 1.68 bits per heavy atom. The van der Waals surface area contributed by atoms with E-state index < -0.39 is 21.1 Å². The topological polar surface area (TPSA) is 81.4 Å². The van der Waals surface area contributed by atoms with Crippen LogP contribution in [0.3, 0.4) is 0 Å². The van der Waals surface area contributed by atoms with Crippen molar-refractivity contribution in [1.82, 2.24) is 13.4 Å². The summed E-state index contributed by atoms with van der Waals surface area (Å²) in [5.41, 5.74) is -0.525. The Kier molecular flexibility index (Phi) is 5.55. The van der Waals surface area contributed by atoms with Crippen molar-refractivity contribution in [3.05, 3.63) is 73.1 Å². The molecule has 0 radical (unpaired) electrons. The summed E-state index contributed by atoms with van der Waals surface area (Å²) >= 11 is 8.00. The molecular formula is C21H20ClN3O4S2. The molecular weight excluding hydrogens is 458 g/mol. The van der Waals surface area contributed by atoms with E-state index >= 15 is 0 Å². The third kappa shape index (κ3) is 3.51. The van der Waals surface area contributed by atoms with E-state index in [-0.39, 0.29) is 18.0 Å². The fourth-order valence-corrected chi connectivity index (χ4v) is 5.95. The van der Waals surface area contributed by atoms with Crippen LogP contribution >= 0.6 is 22.9 Å². The number of aryl methyl sites for hydroxylation is 1. The Morgan fingerprint density at radius 3 is 2.32 bits per heavy atom. The number of hydrogen-bond donors (Lipinski definition) is 0. The highest BCUT2D eigenvalue weighted by Crippen LogP contribution is 2.35. The minimum atomic E-state index is -3.72. The number of thiophene rings is 1. The highest BCUT2D eigenvalue weighted by molar-refractivity contribution is 7.89. The first kappa shape index (κ1) is 21.8. The van der Waals surface area contributed by atoms with E-state index in [4.69, 9.17) is 11.6 Å². The average Bonchev–Trinajstić information content (AvgIpc) is 3.07. The molecule has 0 aliphatic heterocycles. The quantitative estimate of drug-likeness (QED) is 0.413. The molecule has 4 aromatic rings. The molecule has 0 saturated carbocycles. The summed E-state index contributed by atoms with van der Waals surface area (Å²) in [7, 11) is -0.840. The van der Waals surface area contributed by atoms with Crippen LogP contribution in [-0.4, -0.2) is 36.0 Å². The van der Waals surface area contributed by atoms with Crippen molar-refractivity contribution in [2.45, 2.75) is 24.9 Å². The minimum absolute atomic E-state index is 0.0434. The lowest BCUT2D eigenvalue weighted by Crippen LogP contribution is -2.41. The molecule has 0 spiro atoms. The van der Waals surface area contributed by atoms with Gasteiger partial charge in [0.2, 0.25) is 10.0 Å². The van der Waals surface area contributed by atoms with Crippen LogP contribution in [0, 0.1) is 0 Å². The third-order valence-electron chi connectivity index (χ3n) is 5.20. The van der Waals surface area contributed by atoms with E-state index in [2.05, 4.69) is 0 Å². The molecule has 0 saturated heterocycles. The van der Waals surface area contributed by atoms with Gasteiger partial charge in [-0.15, -0.1) is 11.3 Å². The van der Waals surface area contributed by atoms with Crippen LogP contribution in [-0.2, 0) is 23.1 Å². The monoisotopic (exact) mass is 477 g/mol. The molecule has 0 bridgehead atoms. The molecule has 7 nitrogen and oxygen atoms in total. The standard InChI is InChI=1S/C21H20ClN3O4S2/c1-4-24-15-10-9-13(31(28,29)23(2)3)11-16(15)25(21(27)20(24)26)12-18-19(22)14-7-5-6-8-17(14)30-18/h5-11H,4,12H2,1-3H3. The van der Waals surface area contributed by atoms with E-state index in [9.17, 15) is 18.0 Å². The summed E-state index contributed by atoms with van der Waals surface area (Å²) in [5, 5.41) is 1.40. The largest absolute Gasteiger partial charge is 0.317 e. The van der Waals surface area contributed by atoms with Gasteiger partial charge in [-0.3, -0.25) is 14.2 Å². The van der Waals surface area contributed by atoms with Gasteiger partial charge < -0.3 is 4.57 Å². The second-order valence-corrected chi connectivity index (χ2v) is 10.9. The Hall–Kier alpha value is -2.46. The van der Waals surface area contributed by atoms with E-state index in [0.717, 1.165) is 19.3 Å². The molecule has 0 unspecified atom stereocenters. The Morgan fingerprint density at radius 1 is 1.00 bits per heavy atom. The third-order valence-corrected chi connectivity index (χ3v) is 8.71. The van der Waals surface area contributed by atoms with Gasteiger partial charge in [-0.2, -0.15) is 0 Å². The van der Waals surface area contributed by atoms with Gasteiger partial charge >= 0.3 is 11.1 Å². The molecule has 0 N–H and O–H groups in total. The molecule has 0 aliphatic carbocycles. The second kappa shape index (κ2) is 7.90. The first-order valence-corrected chi connectivity index (χ1v) is 12.2. The summed E-state index contributed by atoms with van der Waals surface area (Å²) in [5.74, 6) is 0. The number of nitrogens with zero attached hydrogens (tertiary/aromatic N) is 3. The molecule has 10 heteroatoms. The fraction of sp³-hybridized carbons (Fsp3) is 0.238. The van der Waals surface area contributed by atoms with Gasteiger partial charge in [0.1, 0.15) is 0 Å². The Balaban J connectivity index is 2.03. The lowest BCUT2D eigenvalue weighted by atomic mass is 10.2. The smallest absolute Gasteiger partial charge is 0.302 e. The van der Waals surface area contributed by atoms with Crippen LogP contribution in [0.1, 0.15) is 11.8 Å². The number of sulfonamides is 1. The van der Waals surface area contributed by atoms with Crippen LogP contribution in [0.4, 0.5) is 0 Å². The van der Waals surface area contributed by atoms with Crippen molar-refractivity contribution in [3.63, 3.8) is 0 Å². The zero-order chi connectivity index (χ0) is 22.5. The lowest BCUT2D eigenvalue weighted by molar-refractivity contribution is 0.521. The highest BCUT2D eigenvalue weighted by Gasteiger charge is 2.21.